The van der Waals surface area contributed by atoms with E-state index in [4.69, 9.17) is 0 Å². The van der Waals surface area contributed by atoms with Crippen LogP contribution in [0.2, 0.25) is 0 Å². The van der Waals surface area contributed by atoms with Crippen molar-refractivity contribution in [3.63, 3.8) is 0 Å². The molecule has 0 aliphatic heterocycles. The van der Waals surface area contributed by atoms with Crippen LogP contribution < -0.4 is 0 Å². The highest BCUT2D eigenvalue weighted by atomic mass is 33.1. The van der Waals surface area contributed by atoms with Crippen LogP contribution in [-0.4, -0.2) is 19.3 Å². The summed E-state index contributed by atoms with van der Waals surface area (Å²) >= 11 is 0. The highest BCUT2D eigenvalue weighted by molar-refractivity contribution is 8.72. The minimum absolute atomic E-state index is 0.0400. The average molecular weight is 384 g/mol. The summed E-state index contributed by atoms with van der Waals surface area (Å²) in [6, 6.07) is 15.3. The van der Waals surface area contributed by atoms with E-state index in [0.717, 1.165) is 10.8 Å². The monoisotopic (exact) mass is 384 g/mol. The van der Waals surface area contributed by atoms with Gasteiger partial charge in [0, 0.05) is 32.9 Å². The zero-order chi connectivity index (χ0) is 18.3. The summed E-state index contributed by atoms with van der Waals surface area (Å²) < 4.78 is 25.8. The van der Waals surface area contributed by atoms with Gasteiger partial charge in [0.2, 0.25) is 8.87 Å². The molecule has 132 valence electrons. The lowest BCUT2D eigenvalue weighted by Crippen LogP contribution is -2.13. The van der Waals surface area contributed by atoms with Gasteiger partial charge in [-0.15, -0.1) is 0 Å². The van der Waals surface area contributed by atoms with E-state index >= 15 is 0 Å². The third kappa shape index (κ3) is 2.79. The largest absolute Gasteiger partial charge is 0.507 e. The Kier molecular flexibility index (Phi) is 4.25. The van der Waals surface area contributed by atoms with Crippen molar-refractivity contribution in [3.8, 4) is 5.75 Å². The van der Waals surface area contributed by atoms with Gasteiger partial charge in [0.25, 0.3) is 0 Å². The molecule has 1 N–H and O–H groups in total. The smallest absolute Gasteiger partial charge is 0.234 e. The molecule has 0 unspecified atom stereocenters. The number of aromatic hydroxyl groups is 1. The Morgan fingerprint density at radius 2 is 1.54 bits per heavy atom. The van der Waals surface area contributed by atoms with E-state index in [9.17, 15) is 18.3 Å². The van der Waals surface area contributed by atoms with Gasteiger partial charge in [-0.05, 0) is 30.5 Å². The molecule has 0 amide bonds. The first-order valence-corrected chi connectivity index (χ1v) is 11.1. The number of phenolic OH excluding ortho intramolecular Hbond substituents is 1. The zero-order valence-corrected chi connectivity index (χ0v) is 15.4. The van der Waals surface area contributed by atoms with Gasteiger partial charge in [0.05, 0.1) is 10.5 Å². The van der Waals surface area contributed by atoms with Crippen LogP contribution in [0.3, 0.4) is 0 Å². The summed E-state index contributed by atoms with van der Waals surface area (Å²) in [6.45, 7) is 0. The highest BCUT2D eigenvalue weighted by Gasteiger charge is 2.29. The van der Waals surface area contributed by atoms with Crippen molar-refractivity contribution in [2.24, 2.45) is 0 Å². The van der Waals surface area contributed by atoms with Crippen molar-refractivity contribution < 1.29 is 18.3 Å². The third-order valence-corrected chi connectivity index (χ3v) is 8.01. The van der Waals surface area contributed by atoms with E-state index in [2.05, 4.69) is 0 Å². The maximum atomic E-state index is 12.9. The lowest BCUT2D eigenvalue weighted by atomic mass is 9.87. The fraction of sp³-hybridized carbons (Fsp3) is 0.150. The topological polar surface area (TPSA) is 71.4 Å². The van der Waals surface area contributed by atoms with Gasteiger partial charge in [0.15, 0.2) is 5.78 Å². The fourth-order valence-electron chi connectivity index (χ4n) is 3.37. The molecule has 1 aliphatic rings. The van der Waals surface area contributed by atoms with Crippen molar-refractivity contribution in [2.75, 3.05) is 0 Å². The van der Waals surface area contributed by atoms with E-state index < -0.39 is 8.87 Å². The number of Topliss-reactive ketones (excluding diaryl/α,β-unsaturated/α-hetero) is 1. The molecule has 6 heteroatoms. The average Bonchev–Trinajstić information content (AvgIpc) is 2.66. The summed E-state index contributed by atoms with van der Waals surface area (Å²) in [5, 5.41) is 11.8. The molecule has 26 heavy (non-hydrogen) atoms. The van der Waals surface area contributed by atoms with Crippen LogP contribution in [-0.2, 0) is 15.3 Å². The second-order valence-electron chi connectivity index (χ2n) is 6.20. The molecular formula is C20H16O4S2. The summed E-state index contributed by atoms with van der Waals surface area (Å²) in [7, 11) is -2.88. The maximum absolute atomic E-state index is 12.9. The van der Waals surface area contributed by atoms with Gasteiger partial charge in [-0.2, -0.15) is 0 Å². The molecule has 0 radical (unpaired) electrons. The Labute approximate surface area is 155 Å². The minimum Gasteiger partial charge on any atom is -0.507 e. The number of rotatable bonds is 3. The predicted molar refractivity (Wildman–Crippen MR) is 102 cm³/mol. The van der Waals surface area contributed by atoms with Gasteiger partial charge in [-0.3, -0.25) is 4.79 Å². The highest BCUT2D eigenvalue weighted by Crippen LogP contribution is 2.46. The van der Waals surface area contributed by atoms with Crippen molar-refractivity contribution >= 4 is 36.2 Å². The van der Waals surface area contributed by atoms with Crippen LogP contribution in [0.25, 0.3) is 10.8 Å². The van der Waals surface area contributed by atoms with Gasteiger partial charge >= 0.3 is 0 Å². The number of benzene rings is 3. The second-order valence-corrected chi connectivity index (χ2v) is 9.98. The van der Waals surface area contributed by atoms with E-state index in [-0.39, 0.29) is 22.0 Å². The summed E-state index contributed by atoms with van der Waals surface area (Å²) in [5.41, 5.74) is 0.919. The molecule has 0 heterocycles. The lowest BCUT2D eigenvalue weighted by molar-refractivity contribution is 0.0969. The van der Waals surface area contributed by atoms with Crippen molar-refractivity contribution in [1.29, 1.82) is 0 Å². The summed E-state index contributed by atoms with van der Waals surface area (Å²) in [4.78, 5) is 13.2. The number of fused-ring (bicyclic) bond motifs is 2. The van der Waals surface area contributed by atoms with E-state index in [1.807, 2.05) is 0 Å². The quantitative estimate of drug-likeness (QED) is 0.671. The Balaban J connectivity index is 1.98. The van der Waals surface area contributed by atoms with Crippen LogP contribution in [0, 0.1) is 0 Å². The molecule has 0 saturated heterocycles. The molecular weight excluding hydrogens is 368 g/mol. The number of hydrogen-bond donors (Lipinski definition) is 1. The van der Waals surface area contributed by atoms with Gasteiger partial charge < -0.3 is 5.11 Å². The maximum Gasteiger partial charge on any atom is 0.234 e. The first-order valence-electron chi connectivity index (χ1n) is 8.28. The molecule has 0 bridgehead atoms. The molecule has 0 fully saturated rings. The molecule has 3 aromatic rings. The van der Waals surface area contributed by atoms with Crippen LogP contribution >= 0.6 is 10.8 Å². The third-order valence-electron chi connectivity index (χ3n) is 4.57. The Morgan fingerprint density at radius 3 is 2.27 bits per heavy atom. The lowest BCUT2D eigenvalue weighted by Gasteiger charge is -2.22. The van der Waals surface area contributed by atoms with Crippen molar-refractivity contribution in [1.82, 2.24) is 0 Å². The molecule has 4 nitrogen and oxygen atoms in total. The van der Waals surface area contributed by atoms with Crippen LogP contribution in [0.5, 0.6) is 5.75 Å². The van der Waals surface area contributed by atoms with E-state index in [1.165, 1.54) is 0 Å². The van der Waals surface area contributed by atoms with Gasteiger partial charge in [0.1, 0.15) is 5.75 Å². The number of phenols is 1. The van der Waals surface area contributed by atoms with Gasteiger partial charge in [-0.25, -0.2) is 8.42 Å². The number of carbonyl (C=O) groups is 1. The predicted octanol–water partition coefficient (Wildman–Crippen LogP) is 4.55. The standard InChI is InChI=1S/C20H16O4S2/c21-17-12-6-11-16-18(17)19(22)14-9-4-5-10-15(14)20(16)25-26(23,24)13-7-2-1-3-8-13/h1-5,7-10,22H,6,11-12H2. The van der Waals surface area contributed by atoms with Crippen molar-refractivity contribution in [3.05, 3.63) is 65.7 Å². The minimum atomic E-state index is -3.64. The Morgan fingerprint density at radius 1 is 0.885 bits per heavy atom. The van der Waals surface area contributed by atoms with Crippen molar-refractivity contribution in [2.45, 2.75) is 29.1 Å². The molecule has 0 aromatic heterocycles. The number of hydrogen-bond acceptors (Lipinski definition) is 5. The zero-order valence-electron chi connectivity index (χ0n) is 13.8. The Bertz CT molecular complexity index is 1120. The van der Waals surface area contributed by atoms with Crippen LogP contribution in [0.1, 0.15) is 28.8 Å². The summed E-state index contributed by atoms with van der Waals surface area (Å²) in [5.74, 6) is -0.171. The van der Waals surface area contributed by atoms with E-state index in [1.54, 1.807) is 54.6 Å². The first-order chi connectivity index (χ1) is 12.5. The van der Waals surface area contributed by atoms with E-state index in [0.29, 0.717) is 40.5 Å². The van der Waals surface area contributed by atoms with Gasteiger partial charge in [-0.1, -0.05) is 42.5 Å². The second kappa shape index (κ2) is 6.45. The van der Waals surface area contributed by atoms with Crippen LogP contribution in [0.15, 0.2) is 64.4 Å². The normalized spacial score (nSPS) is 14.4. The summed E-state index contributed by atoms with van der Waals surface area (Å²) in [6.07, 6.45) is 1.60. The SMILES string of the molecule is O=C1CCCc2c1c(O)c1ccccc1c2SS(=O)(=O)c1ccccc1. The molecule has 0 spiro atoms. The van der Waals surface area contributed by atoms with Crippen LogP contribution in [0.4, 0.5) is 0 Å². The molecule has 0 saturated carbocycles. The fourth-order valence-corrected chi connectivity index (χ4v) is 6.60. The first kappa shape index (κ1) is 17.1. The molecule has 0 atom stereocenters. The number of carbonyl (C=O) groups excluding carboxylic acids is 1. The molecule has 1 aliphatic carbocycles. The Hall–Kier alpha value is -2.31. The molecule has 4 rings (SSSR count). The molecule has 3 aromatic carbocycles. The number of ketones is 1.